The number of furan rings is 1. The van der Waals surface area contributed by atoms with Crippen LogP contribution in [0.15, 0.2) is 40.3 Å². The second-order valence-electron chi connectivity index (χ2n) is 6.37. The summed E-state index contributed by atoms with van der Waals surface area (Å²) in [6.45, 7) is 5.89. The van der Waals surface area contributed by atoms with Gasteiger partial charge >= 0.3 is 0 Å². The van der Waals surface area contributed by atoms with Gasteiger partial charge in [-0.1, -0.05) is 6.07 Å². The number of rotatable bonds is 4. The summed E-state index contributed by atoms with van der Waals surface area (Å²) in [7, 11) is 0. The number of hydrogen-bond donors (Lipinski definition) is 1. The summed E-state index contributed by atoms with van der Waals surface area (Å²) in [5.74, 6) is 0.858. The van der Waals surface area contributed by atoms with E-state index in [0.29, 0.717) is 11.4 Å². The summed E-state index contributed by atoms with van der Waals surface area (Å²) < 4.78 is 5.76. The molecular formula is C20H21N3O2. The third-order valence-corrected chi connectivity index (χ3v) is 4.16. The fourth-order valence-electron chi connectivity index (χ4n) is 3.06. The largest absolute Gasteiger partial charge is 0.441 e. The van der Waals surface area contributed by atoms with E-state index in [9.17, 15) is 10.1 Å². The van der Waals surface area contributed by atoms with Gasteiger partial charge in [0.05, 0.1) is 0 Å². The Kier molecular flexibility index (Phi) is 4.90. The van der Waals surface area contributed by atoms with E-state index in [2.05, 4.69) is 10.2 Å². The Morgan fingerprint density at radius 1 is 1.20 bits per heavy atom. The minimum atomic E-state index is -0.438. The highest BCUT2D eigenvalue weighted by Crippen LogP contribution is 2.24. The van der Waals surface area contributed by atoms with Crippen molar-refractivity contribution in [1.82, 2.24) is 0 Å². The number of aryl methyl sites for hydroxylation is 2. The van der Waals surface area contributed by atoms with Crippen molar-refractivity contribution in [3.05, 3.63) is 52.8 Å². The molecular weight excluding hydrogens is 314 g/mol. The molecule has 0 unspecified atom stereocenters. The summed E-state index contributed by atoms with van der Waals surface area (Å²) in [4.78, 5) is 14.5. The number of hydrogen-bond acceptors (Lipinski definition) is 4. The summed E-state index contributed by atoms with van der Waals surface area (Å²) in [5.41, 5.74) is 2.81. The molecule has 1 aromatic carbocycles. The van der Waals surface area contributed by atoms with Crippen LogP contribution in [0.5, 0.6) is 0 Å². The Balaban J connectivity index is 1.75. The van der Waals surface area contributed by atoms with Crippen molar-refractivity contribution in [3.63, 3.8) is 0 Å². The molecule has 1 saturated heterocycles. The van der Waals surface area contributed by atoms with Gasteiger partial charge < -0.3 is 14.6 Å². The average Bonchev–Trinajstić information content (AvgIpc) is 3.22. The van der Waals surface area contributed by atoms with Gasteiger partial charge in [0.2, 0.25) is 0 Å². The topological polar surface area (TPSA) is 69.3 Å². The molecule has 0 aliphatic carbocycles. The Labute approximate surface area is 147 Å². The van der Waals surface area contributed by atoms with Gasteiger partial charge in [-0.15, -0.1) is 0 Å². The minimum Gasteiger partial charge on any atom is -0.441 e. The van der Waals surface area contributed by atoms with Gasteiger partial charge in [-0.05, 0) is 56.0 Å². The molecule has 1 amide bonds. The van der Waals surface area contributed by atoms with Gasteiger partial charge in [0, 0.05) is 30.9 Å². The lowest BCUT2D eigenvalue weighted by Gasteiger charge is -2.12. The highest BCUT2D eigenvalue weighted by atomic mass is 16.4. The molecule has 25 heavy (non-hydrogen) atoms. The Morgan fingerprint density at radius 2 is 1.88 bits per heavy atom. The zero-order chi connectivity index (χ0) is 17.8. The van der Waals surface area contributed by atoms with Crippen LogP contribution in [-0.2, 0) is 4.79 Å². The van der Waals surface area contributed by atoms with Crippen LogP contribution in [0.1, 0.15) is 29.7 Å². The van der Waals surface area contributed by atoms with Crippen LogP contribution in [0.2, 0.25) is 0 Å². The Morgan fingerprint density at radius 3 is 2.52 bits per heavy atom. The highest BCUT2D eigenvalue weighted by Gasteiger charge is 2.16. The van der Waals surface area contributed by atoms with E-state index in [4.69, 9.17) is 4.42 Å². The minimum absolute atomic E-state index is 0.0153. The number of nitrogens with one attached hydrogen (secondary N) is 1. The molecule has 0 saturated carbocycles. The van der Waals surface area contributed by atoms with Gasteiger partial charge in [-0.25, -0.2) is 0 Å². The standard InChI is InChI=1S/C20H21N3O2/c1-14-9-15(2)11-17(10-14)22-20(24)16(13-21)12-18-5-6-19(25-18)23-7-3-4-8-23/h5-6,9-12H,3-4,7-8H2,1-2H3,(H,22,24)/b16-12-. The fraction of sp³-hybridized carbons (Fsp3) is 0.300. The molecule has 1 N–H and O–H groups in total. The number of nitrogens with zero attached hydrogens (tertiary/aromatic N) is 2. The maximum absolute atomic E-state index is 12.4. The lowest BCUT2D eigenvalue weighted by Crippen LogP contribution is -2.16. The Hall–Kier alpha value is -3.00. The Bertz CT molecular complexity index is 832. The normalized spacial score (nSPS) is 14.4. The monoisotopic (exact) mass is 335 g/mol. The van der Waals surface area contributed by atoms with E-state index in [-0.39, 0.29) is 5.57 Å². The quantitative estimate of drug-likeness (QED) is 0.676. The number of benzene rings is 1. The molecule has 1 fully saturated rings. The smallest absolute Gasteiger partial charge is 0.266 e. The van der Waals surface area contributed by atoms with Crippen LogP contribution in [0.25, 0.3) is 6.08 Å². The predicted molar refractivity (Wildman–Crippen MR) is 98.3 cm³/mol. The van der Waals surface area contributed by atoms with Gasteiger partial charge in [-0.3, -0.25) is 4.79 Å². The molecule has 1 aliphatic rings. The molecule has 5 nitrogen and oxygen atoms in total. The lowest BCUT2D eigenvalue weighted by atomic mass is 10.1. The molecule has 128 valence electrons. The molecule has 3 rings (SSSR count). The summed E-state index contributed by atoms with van der Waals surface area (Å²) in [6.07, 6.45) is 3.80. The van der Waals surface area contributed by atoms with Gasteiger partial charge in [-0.2, -0.15) is 5.26 Å². The first kappa shape index (κ1) is 16.8. The van der Waals surface area contributed by atoms with Crippen molar-refractivity contribution in [1.29, 1.82) is 5.26 Å². The SMILES string of the molecule is Cc1cc(C)cc(NC(=O)/C(C#N)=C\c2ccc(N3CCCC3)o2)c1. The lowest BCUT2D eigenvalue weighted by molar-refractivity contribution is -0.112. The van der Waals surface area contributed by atoms with Gasteiger partial charge in [0.1, 0.15) is 17.4 Å². The number of carbonyl (C=O) groups is 1. The molecule has 0 bridgehead atoms. The third kappa shape index (κ3) is 4.10. The van der Waals surface area contributed by atoms with Crippen molar-refractivity contribution < 1.29 is 9.21 Å². The summed E-state index contributed by atoms with van der Waals surface area (Å²) in [6, 6.07) is 11.4. The van der Waals surface area contributed by atoms with Crippen molar-refractivity contribution in [2.75, 3.05) is 23.3 Å². The van der Waals surface area contributed by atoms with Crippen LogP contribution in [0.4, 0.5) is 11.6 Å². The molecule has 1 aromatic heterocycles. The first-order chi connectivity index (χ1) is 12.0. The second kappa shape index (κ2) is 7.27. The zero-order valence-electron chi connectivity index (χ0n) is 14.5. The van der Waals surface area contributed by atoms with Gasteiger partial charge in [0.15, 0.2) is 5.88 Å². The molecule has 0 spiro atoms. The summed E-state index contributed by atoms with van der Waals surface area (Å²) in [5, 5.41) is 12.1. The maximum atomic E-state index is 12.4. The average molecular weight is 335 g/mol. The number of anilines is 2. The van der Waals surface area contributed by atoms with E-state index >= 15 is 0 Å². The van der Waals surface area contributed by atoms with Crippen molar-refractivity contribution in [2.45, 2.75) is 26.7 Å². The molecule has 2 aromatic rings. The van der Waals surface area contributed by atoms with E-state index in [1.165, 1.54) is 6.08 Å². The first-order valence-electron chi connectivity index (χ1n) is 8.41. The third-order valence-electron chi connectivity index (χ3n) is 4.16. The molecule has 1 aliphatic heterocycles. The number of nitriles is 1. The molecule has 0 atom stereocenters. The molecule has 0 radical (unpaired) electrons. The maximum Gasteiger partial charge on any atom is 0.266 e. The van der Waals surface area contributed by atoms with Gasteiger partial charge in [0.25, 0.3) is 5.91 Å². The van der Waals surface area contributed by atoms with Crippen LogP contribution >= 0.6 is 0 Å². The molecule has 5 heteroatoms. The summed E-state index contributed by atoms with van der Waals surface area (Å²) >= 11 is 0. The van der Waals surface area contributed by atoms with Crippen molar-refractivity contribution in [3.8, 4) is 6.07 Å². The van der Waals surface area contributed by atoms with Crippen LogP contribution in [0.3, 0.4) is 0 Å². The van der Waals surface area contributed by atoms with Crippen molar-refractivity contribution >= 4 is 23.6 Å². The zero-order valence-corrected chi connectivity index (χ0v) is 14.5. The van der Waals surface area contributed by atoms with Crippen LogP contribution in [-0.4, -0.2) is 19.0 Å². The van der Waals surface area contributed by atoms with Crippen LogP contribution in [0, 0.1) is 25.2 Å². The van der Waals surface area contributed by atoms with Crippen molar-refractivity contribution in [2.24, 2.45) is 0 Å². The number of amides is 1. The predicted octanol–water partition coefficient (Wildman–Crippen LogP) is 4.04. The van der Waals surface area contributed by atoms with E-state index < -0.39 is 5.91 Å². The van der Waals surface area contributed by atoms with E-state index in [1.54, 1.807) is 6.07 Å². The highest BCUT2D eigenvalue weighted by molar-refractivity contribution is 6.09. The fourth-order valence-corrected chi connectivity index (χ4v) is 3.06. The number of carbonyl (C=O) groups excluding carboxylic acids is 1. The van der Waals surface area contributed by atoms with E-state index in [0.717, 1.165) is 42.9 Å². The van der Waals surface area contributed by atoms with E-state index in [1.807, 2.05) is 44.2 Å². The molecule has 2 heterocycles. The first-order valence-corrected chi connectivity index (χ1v) is 8.41. The second-order valence-corrected chi connectivity index (χ2v) is 6.37. The van der Waals surface area contributed by atoms with Crippen LogP contribution < -0.4 is 10.2 Å².